The van der Waals surface area contributed by atoms with Crippen LogP contribution in [0.4, 0.5) is 0 Å². The van der Waals surface area contributed by atoms with Crippen LogP contribution < -0.4 is 0 Å². The third kappa shape index (κ3) is 5.65. The first-order valence-electron chi connectivity index (χ1n) is 4.25. The average Bonchev–Trinajstić information content (AvgIpc) is 2.17. The van der Waals surface area contributed by atoms with Gasteiger partial charge in [-0.2, -0.15) is 8.42 Å². The molecule has 1 heterocycles. The number of aliphatic hydroxyl groups excluding tert-OH is 4. The summed E-state index contributed by atoms with van der Waals surface area (Å²) in [6.45, 7) is 0. The Balaban J connectivity index is 0.000000494. The summed E-state index contributed by atoms with van der Waals surface area (Å²) in [6, 6.07) is 0. The zero-order valence-corrected chi connectivity index (χ0v) is 9.37. The van der Waals surface area contributed by atoms with Crippen LogP contribution >= 0.6 is 0 Å². The molecular formula is C6H12O11S. The summed E-state index contributed by atoms with van der Waals surface area (Å²) in [7, 11) is -4.67. The molecule has 18 heavy (non-hydrogen) atoms. The Bertz CT molecular complexity index is 369. The lowest BCUT2D eigenvalue weighted by Gasteiger charge is -2.36. The fourth-order valence-electron chi connectivity index (χ4n) is 1.07. The molecule has 108 valence electrons. The largest absolute Gasteiger partial charge is 0.479 e. The van der Waals surface area contributed by atoms with Gasteiger partial charge in [0.1, 0.15) is 18.3 Å². The lowest BCUT2D eigenvalue weighted by molar-refractivity contribution is -0.279. The Morgan fingerprint density at radius 3 is 1.67 bits per heavy atom. The summed E-state index contributed by atoms with van der Waals surface area (Å²) in [5, 5.41) is 44.4. The molecule has 12 heteroatoms. The minimum absolute atomic E-state index is 1.52. The van der Waals surface area contributed by atoms with Gasteiger partial charge in [0, 0.05) is 0 Å². The van der Waals surface area contributed by atoms with E-state index in [-0.39, 0.29) is 0 Å². The van der Waals surface area contributed by atoms with Crippen LogP contribution in [0.25, 0.3) is 0 Å². The molecule has 1 aliphatic heterocycles. The number of carboxylic acid groups (broad SMARTS) is 1. The summed E-state index contributed by atoms with van der Waals surface area (Å²) in [4.78, 5) is 10.4. The van der Waals surface area contributed by atoms with Gasteiger partial charge in [-0.05, 0) is 0 Å². The van der Waals surface area contributed by atoms with Gasteiger partial charge < -0.3 is 30.3 Å². The number of ether oxygens (including phenoxy) is 1. The van der Waals surface area contributed by atoms with E-state index in [0.29, 0.717) is 0 Å². The van der Waals surface area contributed by atoms with Crippen molar-refractivity contribution in [1.29, 1.82) is 0 Å². The van der Waals surface area contributed by atoms with Crippen molar-refractivity contribution in [2.45, 2.75) is 30.7 Å². The predicted molar refractivity (Wildman–Crippen MR) is 50.7 cm³/mol. The van der Waals surface area contributed by atoms with Crippen molar-refractivity contribution in [2.75, 3.05) is 0 Å². The summed E-state index contributed by atoms with van der Waals surface area (Å²) in [5.74, 6) is -1.52. The van der Waals surface area contributed by atoms with E-state index in [1.807, 2.05) is 0 Å². The van der Waals surface area contributed by atoms with Crippen LogP contribution in [0, 0.1) is 0 Å². The van der Waals surface area contributed by atoms with Crippen LogP contribution in [0.5, 0.6) is 0 Å². The molecule has 0 saturated carbocycles. The first-order valence-corrected chi connectivity index (χ1v) is 5.65. The van der Waals surface area contributed by atoms with Crippen LogP contribution in [-0.2, 0) is 19.9 Å². The van der Waals surface area contributed by atoms with Gasteiger partial charge in [-0.1, -0.05) is 0 Å². The fraction of sp³-hybridized carbons (Fsp3) is 0.833. The highest BCUT2D eigenvalue weighted by atomic mass is 32.3. The Morgan fingerprint density at radius 2 is 1.33 bits per heavy atom. The van der Waals surface area contributed by atoms with Crippen molar-refractivity contribution in [1.82, 2.24) is 0 Å². The van der Waals surface area contributed by atoms with E-state index in [9.17, 15) is 4.79 Å². The lowest BCUT2D eigenvalue weighted by Crippen LogP contribution is -2.59. The number of aliphatic carboxylic acids is 1. The minimum Gasteiger partial charge on any atom is -0.479 e. The highest BCUT2D eigenvalue weighted by Crippen LogP contribution is 2.19. The maximum absolute atomic E-state index is 10.4. The summed E-state index contributed by atoms with van der Waals surface area (Å²) in [5.41, 5.74) is 0. The highest BCUT2D eigenvalue weighted by molar-refractivity contribution is 7.79. The van der Waals surface area contributed by atoms with E-state index in [1.165, 1.54) is 0 Å². The highest BCUT2D eigenvalue weighted by Gasteiger charge is 2.46. The normalized spacial score (nSPS) is 36.4. The van der Waals surface area contributed by atoms with Crippen LogP contribution in [-0.4, -0.2) is 79.7 Å². The number of aliphatic hydroxyl groups is 4. The third-order valence-corrected chi connectivity index (χ3v) is 1.83. The number of carbonyl (C=O) groups is 1. The number of hydrogen-bond acceptors (Lipinski definition) is 8. The summed E-state index contributed by atoms with van der Waals surface area (Å²) < 4.78 is 35.9. The van der Waals surface area contributed by atoms with E-state index >= 15 is 0 Å². The maximum Gasteiger partial charge on any atom is 0.394 e. The van der Waals surface area contributed by atoms with Gasteiger partial charge in [0.2, 0.25) is 0 Å². The molecule has 0 aromatic carbocycles. The van der Waals surface area contributed by atoms with Gasteiger partial charge >= 0.3 is 16.4 Å². The van der Waals surface area contributed by atoms with Gasteiger partial charge in [0.15, 0.2) is 12.4 Å². The maximum atomic E-state index is 10.4. The van der Waals surface area contributed by atoms with Gasteiger partial charge in [-0.15, -0.1) is 0 Å². The molecule has 0 aromatic rings. The van der Waals surface area contributed by atoms with Crippen LogP contribution in [0.3, 0.4) is 0 Å². The van der Waals surface area contributed by atoms with Crippen molar-refractivity contribution >= 4 is 16.4 Å². The zero-order chi connectivity index (χ0) is 14.7. The number of carboxylic acids is 1. The van der Waals surface area contributed by atoms with Crippen molar-refractivity contribution < 1.29 is 52.6 Å². The van der Waals surface area contributed by atoms with Crippen molar-refractivity contribution in [2.24, 2.45) is 0 Å². The molecular weight excluding hydrogens is 280 g/mol. The Kier molecular flexibility index (Phi) is 6.05. The van der Waals surface area contributed by atoms with Crippen molar-refractivity contribution in [3.63, 3.8) is 0 Å². The van der Waals surface area contributed by atoms with E-state index in [4.69, 9.17) is 43.1 Å². The van der Waals surface area contributed by atoms with Crippen LogP contribution in [0.1, 0.15) is 0 Å². The van der Waals surface area contributed by atoms with E-state index in [2.05, 4.69) is 4.74 Å². The Hall–Kier alpha value is -0.860. The van der Waals surface area contributed by atoms with Crippen LogP contribution in [0.2, 0.25) is 0 Å². The molecule has 0 aromatic heterocycles. The predicted octanol–water partition coefficient (Wildman–Crippen LogP) is -3.78. The molecule has 11 nitrogen and oxygen atoms in total. The second-order valence-electron chi connectivity index (χ2n) is 3.21. The standard InChI is InChI=1S/C6H10O7.H2O4S/c7-1-2(8)4(5(10)11)13-6(12)3(1)9;1-5(2,3)4/h1-4,6-9,12H,(H,10,11);(H2,1,2,3,4)/t1-,2-,3+,4+,6?;/m1./s1. The Morgan fingerprint density at radius 1 is 0.944 bits per heavy atom. The van der Waals surface area contributed by atoms with Crippen LogP contribution in [0.15, 0.2) is 0 Å². The molecule has 1 aliphatic rings. The number of rotatable bonds is 1. The first kappa shape index (κ1) is 17.1. The molecule has 1 saturated heterocycles. The molecule has 0 bridgehead atoms. The summed E-state index contributed by atoms with van der Waals surface area (Å²) in [6.07, 6.45) is -8.72. The molecule has 0 amide bonds. The molecule has 1 fully saturated rings. The van der Waals surface area contributed by atoms with E-state index in [1.54, 1.807) is 0 Å². The van der Waals surface area contributed by atoms with Crippen molar-refractivity contribution in [3.8, 4) is 0 Å². The molecule has 5 atom stereocenters. The van der Waals surface area contributed by atoms with Gasteiger partial charge in [0.25, 0.3) is 0 Å². The molecule has 0 radical (unpaired) electrons. The van der Waals surface area contributed by atoms with E-state index in [0.717, 1.165) is 0 Å². The first-order chi connectivity index (χ1) is 7.95. The Labute approximate surface area is 100 Å². The lowest BCUT2D eigenvalue weighted by atomic mass is 9.99. The fourth-order valence-corrected chi connectivity index (χ4v) is 1.07. The second-order valence-corrected chi connectivity index (χ2v) is 4.10. The molecule has 0 spiro atoms. The smallest absolute Gasteiger partial charge is 0.394 e. The minimum atomic E-state index is -4.67. The topological polar surface area (TPSA) is 202 Å². The average molecular weight is 292 g/mol. The second kappa shape index (κ2) is 6.35. The molecule has 0 aliphatic carbocycles. The quantitative estimate of drug-likeness (QED) is 0.233. The van der Waals surface area contributed by atoms with E-state index < -0.39 is 47.1 Å². The monoisotopic (exact) mass is 292 g/mol. The molecule has 7 N–H and O–H groups in total. The van der Waals surface area contributed by atoms with Gasteiger partial charge in [-0.3, -0.25) is 9.11 Å². The molecule has 1 unspecified atom stereocenters. The zero-order valence-electron chi connectivity index (χ0n) is 8.56. The third-order valence-electron chi connectivity index (χ3n) is 1.83. The van der Waals surface area contributed by atoms with Crippen molar-refractivity contribution in [3.05, 3.63) is 0 Å². The van der Waals surface area contributed by atoms with Gasteiger partial charge in [-0.25, -0.2) is 4.79 Å². The summed E-state index contributed by atoms with van der Waals surface area (Å²) >= 11 is 0. The number of hydrogen-bond donors (Lipinski definition) is 7. The van der Waals surface area contributed by atoms with Gasteiger partial charge in [0.05, 0.1) is 0 Å². The SMILES string of the molecule is O=C(O)[C@H]1OC(O)[C@@H](O)[C@H](O)[C@H]1O.O=S(=O)(O)O. The molecule has 1 rings (SSSR count).